The molecule has 2 atom stereocenters. The number of benzene rings is 1. The van der Waals surface area contributed by atoms with E-state index in [0.717, 1.165) is 12.0 Å². The lowest BCUT2D eigenvalue weighted by Gasteiger charge is -2.27. The summed E-state index contributed by atoms with van der Waals surface area (Å²) in [6, 6.07) is 8.89. The van der Waals surface area contributed by atoms with E-state index in [9.17, 15) is 22.8 Å². The highest BCUT2D eigenvalue weighted by molar-refractivity contribution is 5.90. The first-order chi connectivity index (χ1) is 13.1. The highest BCUT2D eigenvalue weighted by Crippen LogP contribution is 2.26. The van der Waals surface area contributed by atoms with Crippen LogP contribution in [0.25, 0.3) is 0 Å². The third kappa shape index (κ3) is 5.45. The number of halogens is 3. The van der Waals surface area contributed by atoms with Gasteiger partial charge in [-0.25, -0.2) is 4.98 Å². The molecule has 0 aliphatic rings. The van der Waals surface area contributed by atoms with Crippen LogP contribution in [-0.4, -0.2) is 29.0 Å². The van der Waals surface area contributed by atoms with Crippen LogP contribution in [0.5, 0.6) is 5.75 Å². The van der Waals surface area contributed by atoms with Crippen LogP contribution in [0.2, 0.25) is 0 Å². The quantitative estimate of drug-likeness (QED) is 0.754. The molecule has 1 aromatic carbocycles. The topological polar surface area (TPSA) is 94.3 Å². The van der Waals surface area contributed by atoms with E-state index in [4.69, 9.17) is 10.5 Å². The van der Waals surface area contributed by atoms with Crippen molar-refractivity contribution in [1.29, 1.82) is 0 Å². The molecule has 28 heavy (non-hydrogen) atoms. The number of hydrogen-bond acceptors (Lipinski definition) is 4. The molecular weight excluding hydrogens is 375 g/mol. The fraction of sp³-hybridized carbons (Fsp3) is 0.316. The lowest BCUT2D eigenvalue weighted by atomic mass is 10.0. The number of nitrogens with one attached hydrogen (secondary N) is 1. The van der Waals surface area contributed by atoms with Gasteiger partial charge < -0.3 is 15.8 Å². The van der Waals surface area contributed by atoms with Crippen molar-refractivity contribution < 1.29 is 27.5 Å². The number of carbonyl (C=O) groups excluding carboxylic acids is 2. The first kappa shape index (κ1) is 21.2. The van der Waals surface area contributed by atoms with E-state index in [0.29, 0.717) is 5.56 Å². The Kier molecular flexibility index (Phi) is 6.61. The molecule has 0 aliphatic heterocycles. The van der Waals surface area contributed by atoms with Crippen LogP contribution in [0, 0.1) is 0 Å². The molecule has 150 valence electrons. The molecule has 6 nitrogen and oxygen atoms in total. The predicted molar refractivity (Wildman–Crippen MR) is 95.6 cm³/mol. The van der Waals surface area contributed by atoms with E-state index in [2.05, 4.69) is 4.98 Å². The molecule has 0 aliphatic carbocycles. The van der Waals surface area contributed by atoms with E-state index in [1.165, 1.54) is 25.3 Å². The van der Waals surface area contributed by atoms with Crippen molar-refractivity contribution in [2.45, 2.75) is 38.6 Å². The lowest BCUT2D eigenvalue weighted by molar-refractivity contribution is -0.174. The number of amides is 2. The zero-order valence-corrected chi connectivity index (χ0v) is 15.3. The molecule has 1 aromatic heterocycles. The Balaban J connectivity index is 2.29. The van der Waals surface area contributed by atoms with E-state index in [1.54, 1.807) is 12.1 Å². The van der Waals surface area contributed by atoms with Crippen molar-refractivity contribution in [3.8, 4) is 5.75 Å². The van der Waals surface area contributed by atoms with Gasteiger partial charge in [-0.1, -0.05) is 31.2 Å². The number of primary amides is 1. The molecule has 0 saturated carbocycles. The van der Waals surface area contributed by atoms with Crippen LogP contribution in [0.3, 0.4) is 0 Å². The molecule has 0 saturated heterocycles. The number of pyridine rings is 1. The summed E-state index contributed by atoms with van der Waals surface area (Å²) in [5.74, 6) is -2.56. The van der Waals surface area contributed by atoms with Gasteiger partial charge in [0.2, 0.25) is 0 Å². The van der Waals surface area contributed by atoms with Gasteiger partial charge in [0.15, 0.2) is 0 Å². The second kappa shape index (κ2) is 8.73. The normalized spacial score (nSPS) is 13.5. The maximum atomic E-state index is 12.6. The summed E-state index contributed by atoms with van der Waals surface area (Å²) < 4.78 is 43.6. The number of carbonyl (C=O) groups is 2. The van der Waals surface area contributed by atoms with Crippen molar-refractivity contribution in [3.05, 3.63) is 59.4 Å². The number of aryl methyl sites for hydroxylation is 1. The number of nitrogens with zero attached hydrogens (tertiary/aromatic N) is 1. The Morgan fingerprint density at radius 2 is 1.82 bits per heavy atom. The van der Waals surface area contributed by atoms with Gasteiger partial charge in [-0.15, -0.1) is 0 Å². The van der Waals surface area contributed by atoms with Crippen LogP contribution in [0.4, 0.5) is 13.2 Å². The first-order valence-corrected chi connectivity index (χ1v) is 8.50. The number of hydrogen-bond donors (Lipinski definition) is 2. The minimum absolute atomic E-state index is 0.0228. The fourth-order valence-electron chi connectivity index (χ4n) is 2.51. The van der Waals surface area contributed by atoms with Gasteiger partial charge in [-0.3, -0.25) is 9.59 Å². The number of alkyl halides is 3. The summed E-state index contributed by atoms with van der Waals surface area (Å²) >= 11 is 0. The van der Waals surface area contributed by atoms with Gasteiger partial charge in [-0.2, -0.15) is 13.2 Å². The molecule has 9 heteroatoms. The Morgan fingerprint density at radius 1 is 1.18 bits per heavy atom. The van der Waals surface area contributed by atoms with E-state index < -0.39 is 30.1 Å². The fourth-order valence-corrected chi connectivity index (χ4v) is 2.51. The van der Waals surface area contributed by atoms with Crippen molar-refractivity contribution in [1.82, 2.24) is 10.3 Å². The summed E-state index contributed by atoms with van der Waals surface area (Å²) in [5.41, 5.74) is 6.77. The molecule has 0 spiro atoms. The largest absolute Gasteiger partial charge is 0.482 e. The summed E-state index contributed by atoms with van der Waals surface area (Å²) in [6.45, 7) is 3.38. The minimum atomic E-state index is -5.00. The zero-order valence-electron chi connectivity index (χ0n) is 15.3. The Labute approximate surface area is 159 Å². The standard InChI is InChI=1S/C19H20F3N3O3/c1-3-12-4-6-13(7-5-12)16(11(2)25-18(27)19(20,21)22)28-14-8-9-15(17(23)26)24-10-14/h4-11,16H,3H2,1-2H3,(H2,23,26)(H,25,27)/t11?,16-/m0/s1. The molecule has 0 bridgehead atoms. The second-order valence-corrected chi connectivity index (χ2v) is 6.14. The monoisotopic (exact) mass is 395 g/mol. The molecular formula is C19H20F3N3O3. The second-order valence-electron chi connectivity index (χ2n) is 6.14. The molecule has 1 unspecified atom stereocenters. The Morgan fingerprint density at radius 3 is 2.29 bits per heavy atom. The molecule has 2 aromatic rings. The van der Waals surface area contributed by atoms with Crippen LogP contribution >= 0.6 is 0 Å². The van der Waals surface area contributed by atoms with Crippen molar-refractivity contribution in [2.24, 2.45) is 5.73 Å². The first-order valence-electron chi connectivity index (χ1n) is 8.50. The molecule has 0 fully saturated rings. The summed E-state index contributed by atoms with van der Waals surface area (Å²) in [4.78, 5) is 26.3. The van der Waals surface area contributed by atoms with Gasteiger partial charge in [0.25, 0.3) is 5.91 Å². The highest BCUT2D eigenvalue weighted by atomic mass is 19.4. The summed E-state index contributed by atoms with van der Waals surface area (Å²) in [7, 11) is 0. The number of nitrogens with two attached hydrogens (primary N) is 1. The lowest BCUT2D eigenvalue weighted by Crippen LogP contribution is -2.45. The van der Waals surface area contributed by atoms with Crippen molar-refractivity contribution in [3.63, 3.8) is 0 Å². The zero-order chi connectivity index (χ0) is 20.9. The van der Waals surface area contributed by atoms with E-state index >= 15 is 0 Å². The average Bonchev–Trinajstić information content (AvgIpc) is 2.65. The smallest absolute Gasteiger partial charge is 0.471 e. The molecule has 2 amide bonds. The minimum Gasteiger partial charge on any atom is -0.482 e. The number of ether oxygens (including phenoxy) is 1. The van der Waals surface area contributed by atoms with E-state index in [1.807, 2.05) is 24.4 Å². The van der Waals surface area contributed by atoms with Crippen molar-refractivity contribution in [2.75, 3.05) is 0 Å². The molecule has 3 N–H and O–H groups in total. The maximum Gasteiger partial charge on any atom is 0.471 e. The van der Waals surface area contributed by atoms with Crippen LogP contribution < -0.4 is 15.8 Å². The molecule has 1 heterocycles. The summed E-state index contributed by atoms with van der Waals surface area (Å²) in [5, 5.41) is 1.91. The number of aromatic nitrogens is 1. The third-order valence-electron chi connectivity index (χ3n) is 4.04. The van der Waals surface area contributed by atoms with Gasteiger partial charge in [0, 0.05) is 0 Å². The van der Waals surface area contributed by atoms with Crippen molar-refractivity contribution >= 4 is 11.8 Å². The van der Waals surface area contributed by atoms with Crippen LogP contribution in [-0.2, 0) is 11.2 Å². The number of rotatable bonds is 7. The highest BCUT2D eigenvalue weighted by Gasteiger charge is 2.40. The molecule has 0 radical (unpaired) electrons. The predicted octanol–water partition coefficient (Wildman–Crippen LogP) is 2.93. The van der Waals surface area contributed by atoms with Gasteiger partial charge >= 0.3 is 12.1 Å². The van der Waals surface area contributed by atoms with Crippen LogP contribution in [0.15, 0.2) is 42.6 Å². The Hall–Kier alpha value is -3.10. The molecule has 2 rings (SSSR count). The third-order valence-corrected chi connectivity index (χ3v) is 4.04. The van der Waals surface area contributed by atoms with Gasteiger partial charge in [0.1, 0.15) is 17.5 Å². The summed E-state index contributed by atoms with van der Waals surface area (Å²) in [6.07, 6.45) is -3.88. The average molecular weight is 395 g/mol. The Bertz CT molecular complexity index is 821. The van der Waals surface area contributed by atoms with Crippen LogP contribution in [0.1, 0.15) is 41.6 Å². The maximum absolute atomic E-state index is 12.6. The SMILES string of the molecule is CCc1ccc([C@@H](Oc2ccc(C(N)=O)nc2)C(C)NC(=O)C(F)(F)F)cc1. The van der Waals surface area contributed by atoms with Gasteiger partial charge in [0.05, 0.1) is 12.2 Å². The van der Waals surface area contributed by atoms with Gasteiger partial charge in [-0.05, 0) is 36.6 Å². The van der Waals surface area contributed by atoms with E-state index in [-0.39, 0.29) is 11.4 Å².